The van der Waals surface area contributed by atoms with Gasteiger partial charge in [0.1, 0.15) is 5.65 Å². The highest BCUT2D eigenvalue weighted by molar-refractivity contribution is 6.07. The summed E-state index contributed by atoms with van der Waals surface area (Å²) in [6.45, 7) is 0. The topological polar surface area (TPSA) is 98.0 Å². The predicted molar refractivity (Wildman–Crippen MR) is 116 cm³/mol. The molecular formula is C22H19N5O3. The third-order valence-electron chi connectivity index (χ3n) is 4.78. The van der Waals surface area contributed by atoms with Gasteiger partial charge in [-0.05, 0) is 30.3 Å². The zero-order valence-corrected chi connectivity index (χ0v) is 16.4. The van der Waals surface area contributed by atoms with Crippen LogP contribution in [0.25, 0.3) is 11.0 Å². The number of nitrogens with zero attached hydrogens (tertiary/aromatic N) is 3. The summed E-state index contributed by atoms with van der Waals surface area (Å²) < 4.78 is 2.27. The van der Waals surface area contributed by atoms with Gasteiger partial charge in [-0.25, -0.2) is 9.78 Å². The van der Waals surface area contributed by atoms with Gasteiger partial charge < -0.3 is 10.6 Å². The maximum Gasteiger partial charge on any atom is 0.332 e. The number of aryl methyl sites for hydroxylation is 1. The van der Waals surface area contributed by atoms with Gasteiger partial charge in [0.25, 0.3) is 11.5 Å². The number of hydrogen-bond acceptors (Lipinski definition) is 5. The number of pyridine rings is 1. The first kappa shape index (κ1) is 19.1. The Bertz CT molecular complexity index is 1370. The lowest BCUT2D eigenvalue weighted by atomic mass is 10.2. The van der Waals surface area contributed by atoms with E-state index in [1.54, 1.807) is 6.07 Å². The Balaban J connectivity index is 1.68. The fourth-order valence-electron chi connectivity index (χ4n) is 3.16. The molecule has 4 aromatic rings. The normalized spacial score (nSPS) is 10.7. The van der Waals surface area contributed by atoms with Gasteiger partial charge >= 0.3 is 5.69 Å². The molecule has 0 aliphatic carbocycles. The number of amides is 1. The summed E-state index contributed by atoms with van der Waals surface area (Å²) in [5, 5.41) is 6.32. The second-order valence-electron chi connectivity index (χ2n) is 6.79. The molecule has 0 saturated carbocycles. The van der Waals surface area contributed by atoms with Crippen LogP contribution in [0.1, 0.15) is 10.4 Å². The van der Waals surface area contributed by atoms with Crippen LogP contribution >= 0.6 is 0 Å². The standard InChI is InChI=1S/C22H19N5O3/c1-26-19-16(21(29)27(2)22(26)30)12-14(13-23-19)20(28)25-18-11-7-6-10-17(18)24-15-8-4-3-5-9-15/h3-13,24H,1-2H3,(H,25,28). The lowest BCUT2D eigenvalue weighted by molar-refractivity contribution is 0.102. The van der Waals surface area contributed by atoms with E-state index in [1.807, 2.05) is 48.5 Å². The Morgan fingerprint density at radius 2 is 1.57 bits per heavy atom. The van der Waals surface area contributed by atoms with Crippen LogP contribution in [0.15, 0.2) is 76.4 Å². The van der Waals surface area contributed by atoms with Gasteiger partial charge in [0.05, 0.1) is 22.3 Å². The molecule has 1 amide bonds. The van der Waals surface area contributed by atoms with Crippen LogP contribution < -0.4 is 21.9 Å². The number of hydrogen-bond donors (Lipinski definition) is 2. The van der Waals surface area contributed by atoms with Crippen LogP contribution in [0.2, 0.25) is 0 Å². The number of rotatable bonds is 4. The fourth-order valence-corrected chi connectivity index (χ4v) is 3.16. The van der Waals surface area contributed by atoms with Crippen molar-refractivity contribution in [2.75, 3.05) is 10.6 Å². The van der Waals surface area contributed by atoms with Crippen molar-refractivity contribution in [3.8, 4) is 0 Å². The van der Waals surface area contributed by atoms with Crippen molar-refractivity contribution in [2.24, 2.45) is 14.1 Å². The molecule has 0 aliphatic rings. The summed E-state index contributed by atoms with van der Waals surface area (Å²) in [5.41, 5.74) is 1.66. The minimum absolute atomic E-state index is 0.197. The number of carbonyl (C=O) groups is 1. The highest BCUT2D eigenvalue weighted by Gasteiger charge is 2.15. The molecule has 0 fully saturated rings. The number of carbonyl (C=O) groups excluding carboxylic acids is 1. The smallest absolute Gasteiger partial charge is 0.332 e. The van der Waals surface area contributed by atoms with E-state index in [1.165, 1.54) is 30.9 Å². The van der Waals surface area contributed by atoms with Gasteiger partial charge in [-0.2, -0.15) is 0 Å². The molecule has 4 rings (SSSR count). The van der Waals surface area contributed by atoms with Crippen molar-refractivity contribution in [1.29, 1.82) is 0 Å². The molecule has 0 unspecified atom stereocenters. The third-order valence-corrected chi connectivity index (χ3v) is 4.78. The number of benzene rings is 2. The van der Waals surface area contributed by atoms with Crippen molar-refractivity contribution in [3.63, 3.8) is 0 Å². The molecule has 2 aromatic carbocycles. The molecule has 0 bridgehead atoms. The molecule has 0 aliphatic heterocycles. The lowest BCUT2D eigenvalue weighted by Gasteiger charge is -2.13. The molecule has 0 spiro atoms. The SMILES string of the molecule is Cn1c(=O)c2cc(C(=O)Nc3ccccc3Nc3ccccc3)cnc2n(C)c1=O. The van der Waals surface area contributed by atoms with Crippen LogP contribution in [-0.2, 0) is 14.1 Å². The van der Waals surface area contributed by atoms with Crippen molar-refractivity contribution < 1.29 is 4.79 Å². The first-order valence-corrected chi connectivity index (χ1v) is 9.24. The van der Waals surface area contributed by atoms with Gasteiger partial charge in [0.15, 0.2) is 0 Å². The van der Waals surface area contributed by atoms with Gasteiger partial charge in [-0.1, -0.05) is 30.3 Å². The first-order valence-electron chi connectivity index (χ1n) is 9.24. The summed E-state index contributed by atoms with van der Waals surface area (Å²) >= 11 is 0. The van der Waals surface area contributed by atoms with E-state index in [0.717, 1.165) is 15.9 Å². The van der Waals surface area contributed by atoms with Crippen LogP contribution in [0.4, 0.5) is 17.1 Å². The van der Waals surface area contributed by atoms with Crippen molar-refractivity contribution in [1.82, 2.24) is 14.1 Å². The first-order chi connectivity index (χ1) is 14.5. The average Bonchev–Trinajstić information content (AvgIpc) is 2.78. The quantitative estimate of drug-likeness (QED) is 0.548. The summed E-state index contributed by atoms with van der Waals surface area (Å²) in [6, 6.07) is 18.4. The van der Waals surface area contributed by atoms with E-state index < -0.39 is 17.2 Å². The molecule has 150 valence electrons. The number of nitrogens with one attached hydrogen (secondary N) is 2. The summed E-state index contributed by atoms with van der Waals surface area (Å²) in [6.07, 6.45) is 1.35. The molecule has 8 nitrogen and oxygen atoms in total. The van der Waals surface area contributed by atoms with Crippen LogP contribution in [0.5, 0.6) is 0 Å². The molecule has 8 heteroatoms. The highest BCUT2D eigenvalue weighted by Crippen LogP contribution is 2.25. The monoisotopic (exact) mass is 401 g/mol. The Hall–Kier alpha value is -4.20. The minimum atomic E-state index is -0.499. The van der Waals surface area contributed by atoms with Crippen molar-refractivity contribution in [2.45, 2.75) is 0 Å². The summed E-state index contributed by atoms with van der Waals surface area (Å²) in [7, 11) is 2.92. The van der Waals surface area contributed by atoms with Gasteiger partial charge in [-0.3, -0.25) is 18.7 Å². The van der Waals surface area contributed by atoms with E-state index in [-0.39, 0.29) is 16.6 Å². The van der Waals surface area contributed by atoms with E-state index in [2.05, 4.69) is 15.6 Å². The molecule has 2 N–H and O–H groups in total. The average molecular weight is 401 g/mol. The zero-order chi connectivity index (χ0) is 21.3. The summed E-state index contributed by atoms with van der Waals surface area (Å²) in [4.78, 5) is 41.5. The zero-order valence-electron chi connectivity index (χ0n) is 16.4. The molecule has 2 heterocycles. The maximum absolute atomic E-state index is 12.9. The maximum atomic E-state index is 12.9. The molecule has 0 atom stereocenters. The number of aromatic nitrogens is 3. The minimum Gasteiger partial charge on any atom is -0.354 e. The van der Waals surface area contributed by atoms with Crippen molar-refractivity contribution in [3.05, 3.63) is 93.3 Å². The molecular weight excluding hydrogens is 382 g/mol. The van der Waals surface area contributed by atoms with Crippen LogP contribution in [0, 0.1) is 0 Å². The van der Waals surface area contributed by atoms with Crippen LogP contribution in [0.3, 0.4) is 0 Å². The Kier molecular flexibility index (Phi) is 4.89. The molecule has 0 saturated heterocycles. The largest absolute Gasteiger partial charge is 0.354 e. The highest BCUT2D eigenvalue weighted by atomic mass is 16.2. The van der Waals surface area contributed by atoms with Gasteiger partial charge in [-0.15, -0.1) is 0 Å². The van der Waals surface area contributed by atoms with E-state index >= 15 is 0 Å². The second kappa shape index (κ2) is 7.67. The molecule has 2 aromatic heterocycles. The Morgan fingerprint density at radius 1 is 0.900 bits per heavy atom. The molecule has 0 radical (unpaired) electrons. The van der Waals surface area contributed by atoms with E-state index in [9.17, 15) is 14.4 Å². The third kappa shape index (κ3) is 3.46. The van der Waals surface area contributed by atoms with Crippen molar-refractivity contribution >= 4 is 34.0 Å². The van der Waals surface area contributed by atoms with Gasteiger partial charge in [0, 0.05) is 26.0 Å². The van der Waals surface area contributed by atoms with E-state index in [4.69, 9.17) is 0 Å². The summed E-state index contributed by atoms with van der Waals surface area (Å²) in [5.74, 6) is -0.414. The second-order valence-corrected chi connectivity index (χ2v) is 6.79. The fraction of sp³-hybridized carbons (Fsp3) is 0.0909. The molecule has 30 heavy (non-hydrogen) atoms. The Morgan fingerprint density at radius 3 is 2.30 bits per heavy atom. The number of anilines is 3. The lowest BCUT2D eigenvalue weighted by Crippen LogP contribution is -2.37. The van der Waals surface area contributed by atoms with Crippen LogP contribution in [-0.4, -0.2) is 20.0 Å². The van der Waals surface area contributed by atoms with Gasteiger partial charge in [0.2, 0.25) is 0 Å². The number of para-hydroxylation sites is 3. The van der Waals surface area contributed by atoms with E-state index in [0.29, 0.717) is 5.69 Å². The predicted octanol–water partition coefficient (Wildman–Crippen LogP) is 2.63. The Labute approximate surface area is 171 Å². The number of fused-ring (bicyclic) bond motifs is 1.